The van der Waals surface area contributed by atoms with E-state index in [0.29, 0.717) is 15.6 Å². The Morgan fingerprint density at radius 2 is 1.38 bits per heavy atom. The maximum atomic E-state index is 11.9. The number of imide groups is 1. The van der Waals surface area contributed by atoms with Crippen LogP contribution in [0.1, 0.15) is 11.1 Å². The number of carbonyl (C=O) groups is 2. The number of rotatable bonds is 4. The van der Waals surface area contributed by atoms with Gasteiger partial charge in [-0.2, -0.15) is 0 Å². The standard InChI is InChI=1S/C16H13Cl2NO2/c17-13-7-4-8-14(18)12(13)10-16(21)19-15(20)9-11-5-2-1-3-6-11/h1-8H,9-10H2,(H,19,20,21). The Hall–Kier alpha value is -1.84. The molecule has 0 aliphatic rings. The Morgan fingerprint density at radius 1 is 0.810 bits per heavy atom. The fourth-order valence-electron chi connectivity index (χ4n) is 1.89. The first-order valence-electron chi connectivity index (χ1n) is 6.36. The molecule has 3 nitrogen and oxygen atoms in total. The second-order valence-electron chi connectivity index (χ2n) is 4.51. The van der Waals surface area contributed by atoms with Crippen molar-refractivity contribution in [3.63, 3.8) is 0 Å². The fraction of sp³-hybridized carbons (Fsp3) is 0.125. The van der Waals surface area contributed by atoms with Crippen molar-refractivity contribution in [1.82, 2.24) is 5.32 Å². The second kappa shape index (κ2) is 7.25. The molecule has 2 aromatic rings. The van der Waals surface area contributed by atoms with E-state index < -0.39 is 5.91 Å². The van der Waals surface area contributed by atoms with E-state index in [4.69, 9.17) is 23.2 Å². The van der Waals surface area contributed by atoms with E-state index in [1.54, 1.807) is 18.2 Å². The van der Waals surface area contributed by atoms with Gasteiger partial charge in [0.25, 0.3) is 0 Å². The predicted molar refractivity (Wildman–Crippen MR) is 83.5 cm³/mol. The summed E-state index contributed by atoms with van der Waals surface area (Å²) in [6.45, 7) is 0. The highest BCUT2D eigenvalue weighted by Gasteiger charge is 2.13. The topological polar surface area (TPSA) is 46.2 Å². The third-order valence-corrected chi connectivity index (χ3v) is 3.59. The summed E-state index contributed by atoms with van der Waals surface area (Å²) in [6, 6.07) is 14.2. The van der Waals surface area contributed by atoms with Gasteiger partial charge in [0.05, 0.1) is 12.8 Å². The summed E-state index contributed by atoms with van der Waals surface area (Å²) >= 11 is 12.0. The number of nitrogens with one attached hydrogen (secondary N) is 1. The largest absolute Gasteiger partial charge is 0.296 e. The van der Waals surface area contributed by atoms with Crippen molar-refractivity contribution < 1.29 is 9.59 Å². The van der Waals surface area contributed by atoms with E-state index in [0.717, 1.165) is 5.56 Å². The van der Waals surface area contributed by atoms with Gasteiger partial charge in [-0.15, -0.1) is 0 Å². The average molecular weight is 322 g/mol. The third kappa shape index (κ3) is 4.59. The second-order valence-corrected chi connectivity index (χ2v) is 5.33. The van der Waals surface area contributed by atoms with Crippen molar-refractivity contribution in [2.75, 3.05) is 0 Å². The van der Waals surface area contributed by atoms with Crippen molar-refractivity contribution in [2.45, 2.75) is 12.8 Å². The quantitative estimate of drug-likeness (QED) is 0.937. The van der Waals surface area contributed by atoms with E-state index in [9.17, 15) is 9.59 Å². The Kier molecular flexibility index (Phi) is 5.37. The molecule has 0 heterocycles. The number of hydrogen-bond acceptors (Lipinski definition) is 2. The Bertz CT molecular complexity index is 636. The molecule has 0 radical (unpaired) electrons. The normalized spacial score (nSPS) is 10.2. The molecule has 0 aliphatic heterocycles. The van der Waals surface area contributed by atoms with E-state index in [1.807, 2.05) is 30.3 Å². The van der Waals surface area contributed by atoms with E-state index in [2.05, 4.69) is 5.32 Å². The number of benzene rings is 2. The van der Waals surface area contributed by atoms with Crippen LogP contribution in [0.5, 0.6) is 0 Å². The van der Waals surface area contributed by atoms with E-state index >= 15 is 0 Å². The summed E-state index contributed by atoms with van der Waals surface area (Å²) in [6.07, 6.45) is 0.127. The maximum Gasteiger partial charge on any atom is 0.231 e. The molecule has 2 rings (SSSR count). The van der Waals surface area contributed by atoms with Gasteiger partial charge in [-0.1, -0.05) is 59.6 Å². The average Bonchev–Trinajstić information content (AvgIpc) is 2.44. The Balaban J connectivity index is 1.94. The molecular weight excluding hydrogens is 309 g/mol. The van der Waals surface area contributed by atoms with Gasteiger partial charge in [-0.3, -0.25) is 14.9 Å². The van der Waals surface area contributed by atoms with Gasteiger partial charge in [0.2, 0.25) is 11.8 Å². The third-order valence-electron chi connectivity index (χ3n) is 2.89. The molecule has 2 amide bonds. The molecule has 108 valence electrons. The fourth-order valence-corrected chi connectivity index (χ4v) is 2.42. The van der Waals surface area contributed by atoms with Gasteiger partial charge in [-0.05, 0) is 23.3 Å². The molecule has 2 aromatic carbocycles. The van der Waals surface area contributed by atoms with Crippen LogP contribution < -0.4 is 5.32 Å². The number of carbonyl (C=O) groups excluding carboxylic acids is 2. The molecule has 0 fully saturated rings. The molecule has 21 heavy (non-hydrogen) atoms. The monoisotopic (exact) mass is 321 g/mol. The summed E-state index contributed by atoms with van der Waals surface area (Å²) in [7, 11) is 0. The zero-order valence-corrected chi connectivity index (χ0v) is 12.6. The van der Waals surface area contributed by atoms with E-state index in [-0.39, 0.29) is 18.7 Å². The van der Waals surface area contributed by atoms with Crippen LogP contribution >= 0.6 is 23.2 Å². The maximum absolute atomic E-state index is 11.9. The molecule has 5 heteroatoms. The van der Waals surface area contributed by atoms with Gasteiger partial charge < -0.3 is 0 Å². The van der Waals surface area contributed by atoms with Crippen molar-refractivity contribution >= 4 is 35.0 Å². The summed E-state index contributed by atoms with van der Waals surface area (Å²) in [4.78, 5) is 23.7. The van der Waals surface area contributed by atoms with Crippen LogP contribution in [0.15, 0.2) is 48.5 Å². The van der Waals surface area contributed by atoms with Crippen molar-refractivity contribution in [3.8, 4) is 0 Å². The van der Waals surface area contributed by atoms with Crippen LogP contribution in [-0.4, -0.2) is 11.8 Å². The van der Waals surface area contributed by atoms with Crippen molar-refractivity contribution in [2.24, 2.45) is 0 Å². The highest BCUT2D eigenvalue weighted by molar-refractivity contribution is 6.36. The smallest absolute Gasteiger partial charge is 0.231 e. The predicted octanol–water partition coefficient (Wildman–Crippen LogP) is 3.42. The van der Waals surface area contributed by atoms with Gasteiger partial charge >= 0.3 is 0 Å². The first-order chi connectivity index (χ1) is 10.1. The van der Waals surface area contributed by atoms with Crippen LogP contribution in [0.25, 0.3) is 0 Å². The first-order valence-corrected chi connectivity index (χ1v) is 7.11. The van der Waals surface area contributed by atoms with Crippen molar-refractivity contribution in [1.29, 1.82) is 0 Å². The SMILES string of the molecule is O=C(Cc1ccccc1)NC(=O)Cc1c(Cl)cccc1Cl. The number of halogens is 2. The zero-order valence-electron chi connectivity index (χ0n) is 11.1. The lowest BCUT2D eigenvalue weighted by atomic mass is 10.1. The van der Waals surface area contributed by atoms with Crippen molar-refractivity contribution in [3.05, 3.63) is 69.7 Å². The minimum absolute atomic E-state index is 0.0287. The molecule has 0 bridgehead atoms. The molecule has 0 atom stereocenters. The summed E-state index contributed by atoms with van der Waals surface area (Å²) in [5.41, 5.74) is 1.37. The van der Waals surface area contributed by atoms with Gasteiger partial charge in [0.1, 0.15) is 0 Å². The highest BCUT2D eigenvalue weighted by Crippen LogP contribution is 2.24. The van der Waals surface area contributed by atoms with E-state index in [1.165, 1.54) is 0 Å². The van der Waals surface area contributed by atoms with Gasteiger partial charge in [0, 0.05) is 10.0 Å². The lowest BCUT2D eigenvalue weighted by Gasteiger charge is -2.07. The first kappa shape index (κ1) is 15.5. The van der Waals surface area contributed by atoms with Gasteiger partial charge in [-0.25, -0.2) is 0 Å². The van der Waals surface area contributed by atoms with Crippen LogP contribution in [0.2, 0.25) is 10.0 Å². The van der Waals surface area contributed by atoms with Crippen LogP contribution in [0, 0.1) is 0 Å². The van der Waals surface area contributed by atoms with Crippen LogP contribution in [0.3, 0.4) is 0 Å². The summed E-state index contributed by atoms with van der Waals surface area (Å²) < 4.78 is 0. The summed E-state index contributed by atoms with van der Waals surface area (Å²) in [5.74, 6) is -0.777. The molecular formula is C16H13Cl2NO2. The number of hydrogen-bond donors (Lipinski definition) is 1. The molecule has 0 aromatic heterocycles. The van der Waals surface area contributed by atoms with Gasteiger partial charge in [0.15, 0.2) is 0 Å². The number of amides is 2. The minimum atomic E-state index is -0.425. The molecule has 0 aliphatic carbocycles. The summed E-state index contributed by atoms with van der Waals surface area (Å²) in [5, 5.41) is 3.16. The Morgan fingerprint density at radius 3 is 2.00 bits per heavy atom. The van der Waals surface area contributed by atoms with Crippen LogP contribution in [0.4, 0.5) is 0 Å². The molecule has 0 spiro atoms. The lowest BCUT2D eigenvalue weighted by Crippen LogP contribution is -2.33. The molecule has 1 N–H and O–H groups in total. The minimum Gasteiger partial charge on any atom is -0.296 e. The molecule has 0 unspecified atom stereocenters. The molecule has 0 saturated carbocycles. The van der Waals surface area contributed by atoms with Crippen LogP contribution in [-0.2, 0) is 22.4 Å². The lowest BCUT2D eigenvalue weighted by molar-refractivity contribution is -0.129. The molecule has 0 saturated heterocycles. The zero-order chi connectivity index (χ0) is 15.2. The highest BCUT2D eigenvalue weighted by atomic mass is 35.5. The Labute approximate surface area is 132 Å².